The lowest BCUT2D eigenvalue weighted by atomic mass is 9.84. The van der Waals surface area contributed by atoms with Crippen LogP contribution in [-0.2, 0) is 0 Å². The fraction of sp³-hybridized carbons (Fsp3) is 0.500. The minimum absolute atomic E-state index is 0.125. The van der Waals surface area contributed by atoms with E-state index in [1.165, 1.54) is 5.71 Å². The molecule has 0 aliphatic heterocycles. The predicted octanol–water partition coefficient (Wildman–Crippen LogP) is 4.13. The molecule has 0 saturated carbocycles. The van der Waals surface area contributed by atoms with Crippen molar-refractivity contribution in [2.24, 2.45) is 5.41 Å². The van der Waals surface area contributed by atoms with Gasteiger partial charge >= 0.3 is 0 Å². The average molecular weight is 206 g/mol. The molecule has 1 heteroatoms. The Labute approximate surface area is 94.5 Å². The summed E-state index contributed by atoms with van der Waals surface area (Å²) < 4.78 is 2.14. The molecule has 0 heterocycles. The average Bonchev–Trinajstić information content (AvgIpc) is 2.12. The monoisotopic (exact) mass is 206 g/mol. The van der Waals surface area contributed by atoms with Gasteiger partial charge in [-0.1, -0.05) is 19.9 Å². The molecule has 0 radical (unpaired) electrons. The SMILES string of the molecule is C=CCC(C)(C)C(C)=[N+](/C=C\C)C(=C)C. The maximum Gasteiger partial charge on any atom is 0.176 e. The van der Waals surface area contributed by atoms with Crippen molar-refractivity contribution in [3.63, 3.8) is 0 Å². The Morgan fingerprint density at radius 2 is 1.87 bits per heavy atom. The van der Waals surface area contributed by atoms with Crippen molar-refractivity contribution in [3.05, 3.63) is 37.2 Å². The second kappa shape index (κ2) is 5.69. The van der Waals surface area contributed by atoms with E-state index in [0.717, 1.165) is 12.1 Å². The van der Waals surface area contributed by atoms with Crippen molar-refractivity contribution in [1.29, 1.82) is 0 Å². The molecular formula is C14H24N+. The molecular weight excluding hydrogens is 182 g/mol. The quantitative estimate of drug-likeness (QED) is 0.361. The van der Waals surface area contributed by atoms with Crippen molar-refractivity contribution in [3.8, 4) is 0 Å². The zero-order valence-corrected chi connectivity index (χ0v) is 10.8. The third kappa shape index (κ3) is 3.86. The van der Waals surface area contributed by atoms with Gasteiger partial charge in [-0.05, 0) is 26.0 Å². The smallest absolute Gasteiger partial charge is 0.173 e. The lowest BCUT2D eigenvalue weighted by Crippen LogP contribution is -2.28. The molecule has 0 rings (SSSR count). The highest BCUT2D eigenvalue weighted by Gasteiger charge is 2.27. The summed E-state index contributed by atoms with van der Waals surface area (Å²) in [6, 6.07) is 0. The molecule has 0 aromatic heterocycles. The van der Waals surface area contributed by atoms with E-state index < -0.39 is 0 Å². The van der Waals surface area contributed by atoms with E-state index >= 15 is 0 Å². The summed E-state index contributed by atoms with van der Waals surface area (Å²) in [7, 11) is 0. The van der Waals surface area contributed by atoms with Gasteiger partial charge in [-0.15, -0.1) is 6.58 Å². The van der Waals surface area contributed by atoms with Crippen molar-refractivity contribution < 1.29 is 4.58 Å². The van der Waals surface area contributed by atoms with Gasteiger partial charge in [-0.25, -0.2) is 0 Å². The van der Waals surface area contributed by atoms with Gasteiger partial charge in [0.2, 0.25) is 0 Å². The van der Waals surface area contributed by atoms with E-state index in [0.29, 0.717) is 0 Å². The van der Waals surface area contributed by atoms with Gasteiger partial charge in [-0.2, -0.15) is 4.58 Å². The van der Waals surface area contributed by atoms with E-state index in [9.17, 15) is 0 Å². The molecule has 15 heavy (non-hydrogen) atoms. The van der Waals surface area contributed by atoms with Gasteiger partial charge in [0.15, 0.2) is 17.6 Å². The predicted molar refractivity (Wildman–Crippen MR) is 69.2 cm³/mol. The summed E-state index contributed by atoms with van der Waals surface area (Å²) in [5, 5.41) is 0. The van der Waals surface area contributed by atoms with Crippen molar-refractivity contribution in [2.45, 2.75) is 41.0 Å². The summed E-state index contributed by atoms with van der Waals surface area (Å²) in [6.45, 7) is 18.4. The largest absolute Gasteiger partial charge is 0.176 e. The number of nitrogens with zero attached hydrogens (tertiary/aromatic N) is 1. The van der Waals surface area contributed by atoms with Crippen LogP contribution in [0.4, 0.5) is 0 Å². The van der Waals surface area contributed by atoms with E-state index in [4.69, 9.17) is 0 Å². The van der Waals surface area contributed by atoms with E-state index in [1.54, 1.807) is 0 Å². The van der Waals surface area contributed by atoms with Crippen molar-refractivity contribution in [2.75, 3.05) is 0 Å². The molecule has 0 amide bonds. The van der Waals surface area contributed by atoms with E-state index in [-0.39, 0.29) is 5.41 Å². The van der Waals surface area contributed by atoms with Crippen LogP contribution in [0.25, 0.3) is 0 Å². The molecule has 0 unspecified atom stereocenters. The van der Waals surface area contributed by atoms with Crippen molar-refractivity contribution >= 4 is 5.71 Å². The molecule has 0 aromatic carbocycles. The Kier molecular flexibility index (Phi) is 5.27. The molecule has 0 aromatic rings. The third-order valence-electron chi connectivity index (χ3n) is 2.70. The Balaban J connectivity index is 5.34. The molecule has 84 valence electrons. The maximum atomic E-state index is 4.00. The number of rotatable bonds is 5. The van der Waals surface area contributed by atoms with Crippen LogP contribution in [0.1, 0.15) is 41.0 Å². The summed E-state index contributed by atoms with van der Waals surface area (Å²) in [4.78, 5) is 0. The van der Waals surface area contributed by atoms with Crippen LogP contribution in [-0.4, -0.2) is 10.3 Å². The molecule has 0 saturated heterocycles. The Bertz CT molecular complexity index is 303. The Hall–Kier alpha value is -1.11. The first-order chi connectivity index (χ1) is 6.86. The van der Waals surface area contributed by atoms with Crippen LogP contribution < -0.4 is 0 Å². The lowest BCUT2D eigenvalue weighted by molar-refractivity contribution is -0.405. The van der Waals surface area contributed by atoms with Crippen LogP contribution in [0, 0.1) is 5.41 Å². The minimum atomic E-state index is 0.125. The minimum Gasteiger partial charge on any atom is -0.173 e. The highest BCUT2D eigenvalue weighted by Crippen LogP contribution is 2.23. The van der Waals surface area contributed by atoms with Crippen LogP contribution in [0.15, 0.2) is 37.2 Å². The van der Waals surface area contributed by atoms with Crippen LogP contribution in [0.2, 0.25) is 0 Å². The summed E-state index contributed by atoms with van der Waals surface area (Å²) in [6.07, 6.45) is 7.03. The highest BCUT2D eigenvalue weighted by molar-refractivity contribution is 5.83. The molecule has 0 spiro atoms. The van der Waals surface area contributed by atoms with Gasteiger partial charge < -0.3 is 0 Å². The van der Waals surface area contributed by atoms with E-state index in [2.05, 4.69) is 44.7 Å². The summed E-state index contributed by atoms with van der Waals surface area (Å²) in [5.74, 6) is 0. The number of hydrogen-bond donors (Lipinski definition) is 0. The topological polar surface area (TPSA) is 3.01 Å². The molecule has 0 aliphatic carbocycles. The first-order valence-corrected chi connectivity index (χ1v) is 5.39. The summed E-state index contributed by atoms with van der Waals surface area (Å²) in [5.41, 5.74) is 2.47. The summed E-state index contributed by atoms with van der Waals surface area (Å²) >= 11 is 0. The molecule has 0 bridgehead atoms. The zero-order chi connectivity index (χ0) is 12.1. The van der Waals surface area contributed by atoms with E-state index in [1.807, 2.05) is 26.0 Å². The first-order valence-electron chi connectivity index (χ1n) is 5.39. The van der Waals surface area contributed by atoms with Crippen LogP contribution in [0.3, 0.4) is 0 Å². The van der Waals surface area contributed by atoms with Gasteiger partial charge in [0.25, 0.3) is 0 Å². The molecule has 0 atom stereocenters. The second-order valence-corrected chi connectivity index (χ2v) is 4.55. The molecule has 0 N–H and O–H groups in total. The van der Waals surface area contributed by atoms with Crippen LogP contribution in [0.5, 0.6) is 0 Å². The van der Waals surface area contributed by atoms with Gasteiger partial charge in [0, 0.05) is 19.3 Å². The fourth-order valence-electron chi connectivity index (χ4n) is 1.51. The van der Waals surface area contributed by atoms with Gasteiger partial charge in [-0.3, -0.25) is 0 Å². The number of allylic oxidation sites excluding steroid dienone is 3. The third-order valence-corrected chi connectivity index (χ3v) is 2.70. The maximum absolute atomic E-state index is 4.00. The van der Waals surface area contributed by atoms with Gasteiger partial charge in [0.1, 0.15) is 0 Å². The Morgan fingerprint density at radius 3 is 2.20 bits per heavy atom. The Morgan fingerprint density at radius 1 is 1.33 bits per heavy atom. The number of hydrogen-bond acceptors (Lipinski definition) is 0. The zero-order valence-electron chi connectivity index (χ0n) is 10.8. The lowest BCUT2D eigenvalue weighted by Gasteiger charge is -2.20. The first kappa shape index (κ1) is 13.9. The fourth-order valence-corrected chi connectivity index (χ4v) is 1.51. The second-order valence-electron chi connectivity index (χ2n) is 4.55. The molecule has 1 nitrogen and oxygen atoms in total. The van der Waals surface area contributed by atoms with Crippen molar-refractivity contribution in [1.82, 2.24) is 0 Å². The normalized spacial score (nSPS) is 13.9. The molecule has 0 fully saturated rings. The van der Waals surface area contributed by atoms with Crippen LogP contribution >= 0.6 is 0 Å². The molecule has 0 aliphatic rings. The standard InChI is InChI=1S/C14H24N/c1-8-10-14(6,7)13(5)15(11-9-2)12(3)4/h8-9,11H,1,3,10H2,2,4-7H3/q+1/b11-9-,15-13?. The van der Waals surface area contributed by atoms with Gasteiger partial charge in [0.05, 0.1) is 0 Å². The highest BCUT2D eigenvalue weighted by atomic mass is 15.0.